The maximum atomic E-state index is 11.9. The van der Waals surface area contributed by atoms with E-state index in [0.717, 1.165) is 25.3 Å². The van der Waals surface area contributed by atoms with Gasteiger partial charge in [0.1, 0.15) is 0 Å². The summed E-state index contributed by atoms with van der Waals surface area (Å²) in [5.41, 5.74) is 6.44. The van der Waals surface area contributed by atoms with Gasteiger partial charge in [0.25, 0.3) is 0 Å². The molecule has 0 unspecified atom stereocenters. The van der Waals surface area contributed by atoms with Crippen molar-refractivity contribution in [2.75, 3.05) is 6.54 Å². The molecule has 0 bridgehead atoms. The molecule has 2 aliphatic carbocycles. The van der Waals surface area contributed by atoms with E-state index in [1.165, 1.54) is 25.7 Å². The quantitative estimate of drug-likeness (QED) is 0.763. The lowest BCUT2D eigenvalue weighted by Gasteiger charge is -2.20. The molecular formula is C15H28N2O. The molecule has 2 fully saturated rings. The molecule has 0 aromatic carbocycles. The van der Waals surface area contributed by atoms with Crippen LogP contribution in [0.2, 0.25) is 0 Å². The van der Waals surface area contributed by atoms with Gasteiger partial charge in [0, 0.05) is 19.0 Å². The second-order valence-corrected chi connectivity index (χ2v) is 6.93. The summed E-state index contributed by atoms with van der Waals surface area (Å²) in [5.74, 6) is 1.37. The van der Waals surface area contributed by atoms with Crippen molar-refractivity contribution in [1.29, 1.82) is 0 Å². The number of hydrogen-bond donors (Lipinski definition) is 2. The minimum atomic E-state index is 0.215. The fraction of sp³-hybridized carbons (Fsp3) is 0.933. The third-order valence-electron chi connectivity index (χ3n) is 4.62. The highest BCUT2D eigenvalue weighted by atomic mass is 16.1. The van der Waals surface area contributed by atoms with E-state index in [2.05, 4.69) is 19.2 Å². The van der Waals surface area contributed by atoms with Crippen LogP contribution in [0, 0.1) is 17.3 Å². The number of carbonyl (C=O) groups is 1. The Morgan fingerprint density at radius 2 is 2.11 bits per heavy atom. The highest BCUT2D eigenvalue weighted by Gasteiger charge is 2.42. The molecule has 2 saturated carbocycles. The molecule has 2 rings (SSSR count). The van der Waals surface area contributed by atoms with Gasteiger partial charge in [-0.15, -0.1) is 0 Å². The van der Waals surface area contributed by atoms with Gasteiger partial charge in [-0.1, -0.05) is 20.3 Å². The van der Waals surface area contributed by atoms with Gasteiger partial charge in [0.05, 0.1) is 0 Å². The number of nitrogens with one attached hydrogen (secondary N) is 1. The van der Waals surface area contributed by atoms with Crippen molar-refractivity contribution in [1.82, 2.24) is 5.32 Å². The lowest BCUT2D eigenvalue weighted by atomic mass is 9.94. The van der Waals surface area contributed by atoms with Crippen LogP contribution in [0.1, 0.15) is 58.8 Å². The van der Waals surface area contributed by atoms with Gasteiger partial charge in [0.15, 0.2) is 0 Å². The Bertz CT molecular complexity index is 297. The van der Waals surface area contributed by atoms with Crippen molar-refractivity contribution in [2.45, 2.75) is 64.8 Å². The first-order valence-corrected chi connectivity index (χ1v) is 7.53. The van der Waals surface area contributed by atoms with Gasteiger partial charge in [-0.05, 0) is 49.4 Å². The zero-order valence-electron chi connectivity index (χ0n) is 11.9. The summed E-state index contributed by atoms with van der Waals surface area (Å²) in [6.07, 6.45) is 7.87. The van der Waals surface area contributed by atoms with Gasteiger partial charge >= 0.3 is 0 Å². The predicted molar refractivity (Wildman–Crippen MR) is 74.1 cm³/mol. The van der Waals surface area contributed by atoms with Gasteiger partial charge < -0.3 is 11.1 Å². The molecule has 3 N–H and O–H groups in total. The zero-order chi connectivity index (χ0) is 13.2. The third-order valence-corrected chi connectivity index (χ3v) is 4.62. The van der Waals surface area contributed by atoms with E-state index in [-0.39, 0.29) is 11.9 Å². The molecule has 0 aliphatic heterocycles. The van der Waals surface area contributed by atoms with Gasteiger partial charge in [-0.3, -0.25) is 4.79 Å². The molecule has 2 aliphatic rings. The Morgan fingerprint density at radius 1 is 1.39 bits per heavy atom. The van der Waals surface area contributed by atoms with Crippen LogP contribution in [-0.4, -0.2) is 18.5 Å². The van der Waals surface area contributed by atoms with Crippen LogP contribution in [0.3, 0.4) is 0 Å². The molecule has 1 amide bonds. The Morgan fingerprint density at radius 3 is 2.61 bits per heavy atom. The first-order valence-electron chi connectivity index (χ1n) is 7.53. The normalized spacial score (nSPS) is 29.6. The minimum absolute atomic E-state index is 0.215. The fourth-order valence-electron chi connectivity index (χ4n) is 3.41. The number of hydrogen-bond acceptors (Lipinski definition) is 2. The predicted octanol–water partition coefficient (Wildman–Crippen LogP) is 2.45. The third kappa shape index (κ3) is 3.71. The topological polar surface area (TPSA) is 55.1 Å². The molecule has 0 spiro atoms. The smallest absolute Gasteiger partial charge is 0.220 e. The number of carbonyl (C=O) groups excluding carboxylic acids is 1. The Labute approximate surface area is 111 Å². The first-order chi connectivity index (χ1) is 8.51. The summed E-state index contributed by atoms with van der Waals surface area (Å²) < 4.78 is 0. The molecular weight excluding hydrogens is 224 g/mol. The molecule has 104 valence electrons. The average molecular weight is 252 g/mol. The molecule has 0 heterocycles. The number of amides is 1. The van der Waals surface area contributed by atoms with Crippen LogP contribution < -0.4 is 11.1 Å². The Kier molecular flexibility index (Phi) is 4.31. The molecule has 0 aromatic rings. The highest BCUT2D eigenvalue weighted by molar-refractivity contribution is 5.76. The van der Waals surface area contributed by atoms with Crippen LogP contribution >= 0.6 is 0 Å². The van der Waals surface area contributed by atoms with Crippen LogP contribution in [0.15, 0.2) is 0 Å². The van der Waals surface area contributed by atoms with Crippen molar-refractivity contribution in [3.8, 4) is 0 Å². The van der Waals surface area contributed by atoms with Crippen molar-refractivity contribution in [2.24, 2.45) is 23.0 Å². The standard InChI is InChI=1S/C15H28N2O/c1-11(2)9-15(6-7-15)10-17-14(18)8-12-4-3-5-13(12)16/h11-13H,3-10,16H2,1-2H3,(H,17,18)/t12-,13+/m0/s1. The molecule has 2 atom stereocenters. The Hall–Kier alpha value is -0.570. The van der Waals surface area contributed by atoms with Crippen LogP contribution in [0.25, 0.3) is 0 Å². The maximum Gasteiger partial charge on any atom is 0.220 e. The summed E-state index contributed by atoms with van der Waals surface area (Å²) in [4.78, 5) is 11.9. The molecule has 0 saturated heterocycles. The largest absolute Gasteiger partial charge is 0.356 e. The minimum Gasteiger partial charge on any atom is -0.356 e. The van der Waals surface area contributed by atoms with E-state index in [1.54, 1.807) is 0 Å². The fourth-order valence-corrected chi connectivity index (χ4v) is 3.41. The van der Waals surface area contributed by atoms with Crippen LogP contribution in [0.4, 0.5) is 0 Å². The van der Waals surface area contributed by atoms with E-state index >= 15 is 0 Å². The van der Waals surface area contributed by atoms with Gasteiger partial charge in [-0.25, -0.2) is 0 Å². The second-order valence-electron chi connectivity index (χ2n) is 6.93. The Balaban J connectivity index is 1.69. The number of rotatable bonds is 6. The van der Waals surface area contributed by atoms with E-state index in [4.69, 9.17) is 5.73 Å². The summed E-state index contributed by atoms with van der Waals surface area (Å²) in [5, 5.41) is 3.14. The van der Waals surface area contributed by atoms with Gasteiger partial charge in [-0.2, -0.15) is 0 Å². The van der Waals surface area contributed by atoms with Crippen molar-refractivity contribution < 1.29 is 4.79 Å². The summed E-state index contributed by atoms with van der Waals surface area (Å²) >= 11 is 0. The SMILES string of the molecule is CC(C)CC1(CNC(=O)C[C@@H]2CCC[C@H]2N)CC1. The summed E-state index contributed by atoms with van der Waals surface area (Å²) in [6.45, 7) is 5.41. The second kappa shape index (κ2) is 5.60. The maximum absolute atomic E-state index is 11.9. The van der Waals surface area contributed by atoms with E-state index in [1.807, 2.05) is 0 Å². The van der Waals surface area contributed by atoms with Crippen molar-refractivity contribution in [3.63, 3.8) is 0 Å². The average Bonchev–Trinajstić information content (AvgIpc) is 2.93. The lowest BCUT2D eigenvalue weighted by molar-refractivity contribution is -0.122. The summed E-state index contributed by atoms with van der Waals surface area (Å²) in [6, 6.07) is 0.251. The van der Waals surface area contributed by atoms with E-state index in [9.17, 15) is 4.79 Å². The molecule has 0 aromatic heterocycles. The monoisotopic (exact) mass is 252 g/mol. The van der Waals surface area contributed by atoms with Crippen molar-refractivity contribution >= 4 is 5.91 Å². The zero-order valence-corrected chi connectivity index (χ0v) is 11.9. The van der Waals surface area contributed by atoms with Gasteiger partial charge in [0.2, 0.25) is 5.91 Å². The van der Waals surface area contributed by atoms with Crippen LogP contribution in [0.5, 0.6) is 0 Å². The number of nitrogens with two attached hydrogens (primary N) is 1. The molecule has 3 heteroatoms. The molecule has 3 nitrogen and oxygen atoms in total. The van der Waals surface area contributed by atoms with E-state index in [0.29, 0.717) is 17.8 Å². The molecule has 0 radical (unpaired) electrons. The first kappa shape index (κ1) is 13.9. The molecule has 18 heavy (non-hydrogen) atoms. The highest BCUT2D eigenvalue weighted by Crippen LogP contribution is 2.50. The van der Waals surface area contributed by atoms with Crippen LogP contribution in [-0.2, 0) is 4.79 Å². The van der Waals surface area contributed by atoms with Crippen molar-refractivity contribution in [3.05, 3.63) is 0 Å². The summed E-state index contributed by atoms with van der Waals surface area (Å²) in [7, 11) is 0. The lowest BCUT2D eigenvalue weighted by Crippen LogP contribution is -2.34. The van der Waals surface area contributed by atoms with E-state index < -0.39 is 0 Å².